The number of nitrogens with zero attached hydrogens (tertiary/aromatic N) is 2. The Balaban J connectivity index is 4.36. The maximum Gasteiger partial charge on any atom is 0.223 e. The number of rotatable bonds is 6. The average molecular weight is 229 g/mol. The van der Waals surface area contributed by atoms with E-state index in [4.69, 9.17) is 10.9 Å². The van der Waals surface area contributed by atoms with Gasteiger partial charge in [-0.2, -0.15) is 0 Å². The molecule has 0 heterocycles. The second-order valence-corrected chi connectivity index (χ2v) is 4.64. The summed E-state index contributed by atoms with van der Waals surface area (Å²) < 4.78 is 0. The Labute approximate surface area is 97.3 Å². The van der Waals surface area contributed by atoms with Crippen LogP contribution in [0.5, 0.6) is 0 Å². The molecule has 0 aromatic carbocycles. The first-order valence-electron chi connectivity index (χ1n) is 5.64. The van der Waals surface area contributed by atoms with Gasteiger partial charge in [0.1, 0.15) is 0 Å². The van der Waals surface area contributed by atoms with E-state index in [1.165, 1.54) is 0 Å². The van der Waals surface area contributed by atoms with Gasteiger partial charge in [-0.25, -0.2) is 0 Å². The molecule has 3 N–H and O–H groups in total. The number of carbonyl (C=O) groups excluding carboxylic acids is 1. The third-order valence-electron chi connectivity index (χ3n) is 2.34. The van der Waals surface area contributed by atoms with Crippen LogP contribution in [0.4, 0.5) is 0 Å². The Kier molecular flexibility index (Phi) is 6.53. The molecule has 0 spiro atoms. The molecule has 94 valence electrons. The number of oxime groups is 1. The van der Waals surface area contributed by atoms with Crippen LogP contribution in [0.1, 0.15) is 40.5 Å². The highest BCUT2D eigenvalue weighted by Crippen LogP contribution is 2.08. The predicted molar refractivity (Wildman–Crippen MR) is 64.3 cm³/mol. The van der Waals surface area contributed by atoms with Gasteiger partial charge in [0.2, 0.25) is 5.91 Å². The van der Waals surface area contributed by atoms with E-state index < -0.39 is 0 Å². The summed E-state index contributed by atoms with van der Waals surface area (Å²) in [6, 6.07) is 0.0555. The van der Waals surface area contributed by atoms with E-state index in [0.29, 0.717) is 12.3 Å². The van der Waals surface area contributed by atoms with Crippen molar-refractivity contribution in [3.8, 4) is 0 Å². The summed E-state index contributed by atoms with van der Waals surface area (Å²) in [6.45, 7) is 8.17. The average Bonchev–Trinajstić information content (AvgIpc) is 2.21. The van der Waals surface area contributed by atoms with E-state index in [2.05, 4.69) is 19.0 Å². The lowest BCUT2D eigenvalue weighted by atomic mass is 10.1. The Hall–Kier alpha value is -1.26. The maximum atomic E-state index is 11.9. The summed E-state index contributed by atoms with van der Waals surface area (Å²) in [5.41, 5.74) is 5.41. The van der Waals surface area contributed by atoms with Gasteiger partial charge in [0.25, 0.3) is 0 Å². The van der Waals surface area contributed by atoms with E-state index in [9.17, 15) is 4.79 Å². The molecule has 0 aromatic heterocycles. The van der Waals surface area contributed by atoms with E-state index >= 15 is 0 Å². The summed E-state index contributed by atoms with van der Waals surface area (Å²) >= 11 is 0. The van der Waals surface area contributed by atoms with Crippen LogP contribution in [-0.2, 0) is 4.79 Å². The van der Waals surface area contributed by atoms with Crippen molar-refractivity contribution in [1.29, 1.82) is 0 Å². The van der Waals surface area contributed by atoms with Crippen molar-refractivity contribution in [2.45, 2.75) is 46.6 Å². The van der Waals surface area contributed by atoms with Gasteiger partial charge >= 0.3 is 0 Å². The number of hydrogen-bond acceptors (Lipinski definition) is 3. The minimum Gasteiger partial charge on any atom is -0.409 e. The molecule has 0 saturated heterocycles. The van der Waals surface area contributed by atoms with Crippen LogP contribution >= 0.6 is 0 Å². The zero-order valence-electron chi connectivity index (χ0n) is 10.6. The molecule has 5 nitrogen and oxygen atoms in total. The van der Waals surface area contributed by atoms with Gasteiger partial charge in [-0.15, -0.1) is 0 Å². The highest BCUT2D eigenvalue weighted by Gasteiger charge is 2.18. The summed E-state index contributed by atoms with van der Waals surface area (Å²) in [6.07, 6.45) is 1.37. The molecule has 0 saturated carbocycles. The lowest BCUT2D eigenvalue weighted by Crippen LogP contribution is -2.42. The lowest BCUT2D eigenvalue weighted by molar-refractivity contribution is -0.132. The molecule has 0 fully saturated rings. The van der Waals surface area contributed by atoms with E-state index in [0.717, 1.165) is 6.42 Å². The summed E-state index contributed by atoms with van der Waals surface area (Å²) in [5, 5.41) is 11.4. The lowest BCUT2D eigenvalue weighted by Gasteiger charge is -2.26. The van der Waals surface area contributed by atoms with E-state index in [-0.39, 0.29) is 24.3 Å². The molecule has 0 aromatic rings. The van der Waals surface area contributed by atoms with Gasteiger partial charge in [0.05, 0.1) is 6.54 Å². The first-order chi connectivity index (χ1) is 7.38. The van der Waals surface area contributed by atoms with Gasteiger partial charge in [0.15, 0.2) is 5.84 Å². The topological polar surface area (TPSA) is 78.9 Å². The van der Waals surface area contributed by atoms with Crippen LogP contribution in [-0.4, -0.2) is 34.4 Å². The number of nitrogens with two attached hydrogens (primary N) is 1. The van der Waals surface area contributed by atoms with Crippen molar-refractivity contribution in [2.24, 2.45) is 16.8 Å². The summed E-state index contributed by atoms with van der Waals surface area (Å²) in [4.78, 5) is 13.5. The molecular formula is C11H23N3O2. The number of amidine groups is 1. The normalized spacial score (nSPS) is 12.2. The van der Waals surface area contributed by atoms with Crippen molar-refractivity contribution in [3.05, 3.63) is 0 Å². The molecule has 0 aliphatic rings. The van der Waals surface area contributed by atoms with Gasteiger partial charge in [-0.1, -0.05) is 19.0 Å². The van der Waals surface area contributed by atoms with Gasteiger partial charge in [0, 0.05) is 12.5 Å². The van der Waals surface area contributed by atoms with Gasteiger partial charge in [-0.05, 0) is 26.2 Å². The summed E-state index contributed by atoms with van der Waals surface area (Å²) in [5.74, 6) is 0.615. The van der Waals surface area contributed by atoms with E-state index in [1.54, 1.807) is 4.90 Å². The fraction of sp³-hybridized carbons (Fsp3) is 0.818. The van der Waals surface area contributed by atoms with E-state index in [1.807, 2.05) is 13.8 Å². The van der Waals surface area contributed by atoms with Crippen LogP contribution in [0.25, 0.3) is 0 Å². The number of amides is 1. The maximum absolute atomic E-state index is 11.9. The molecule has 0 aliphatic carbocycles. The third kappa shape index (κ3) is 5.58. The van der Waals surface area contributed by atoms with Crippen LogP contribution in [0, 0.1) is 5.92 Å². The predicted octanol–water partition coefficient (Wildman–Crippen LogP) is 1.41. The van der Waals surface area contributed by atoms with Gasteiger partial charge < -0.3 is 15.8 Å². The highest BCUT2D eigenvalue weighted by atomic mass is 16.4. The van der Waals surface area contributed by atoms with Crippen molar-refractivity contribution in [1.82, 2.24) is 4.90 Å². The molecule has 5 heteroatoms. The molecule has 0 rings (SSSR count). The molecule has 16 heavy (non-hydrogen) atoms. The molecule has 0 aliphatic heterocycles. The van der Waals surface area contributed by atoms with Crippen LogP contribution in [0.2, 0.25) is 0 Å². The standard InChI is InChI=1S/C11H23N3O2/c1-8(2)5-6-11(15)14(9(3)4)7-10(12)13-16/h8-9,16H,5-7H2,1-4H3,(H2,12,13). The SMILES string of the molecule is CC(C)CCC(=O)N(CC(N)=NO)C(C)C. The quantitative estimate of drug-likeness (QED) is 0.313. The molecule has 1 amide bonds. The zero-order valence-corrected chi connectivity index (χ0v) is 10.6. The minimum absolute atomic E-state index is 0.0512. The molecular weight excluding hydrogens is 206 g/mol. The van der Waals surface area contributed by atoms with Crippen molar-refractivity contribution in [3.63, 3.8) is 0 Å². The number of carbonyl (C=O) groups is 1. The Bertz CT molecular complexity index is 250. The smallest absolute Gasteiger partial charge is 0.223 e. The van der Waals surface area contributed by atoms with Crippen LogP contribution in [0.15, 0.2) is 5.16 Å². The largest absolute Gasteiger partial charge is 0.409 e. The van der Waals surface area contributed by atoms with Crippen LogP contribution < -0.4 is 5.73 Å². The third-order valence-corrected chi connectivity index (χ3v) is 2.34. The first kappa shape index (κ1) is 14.7. The first-order valence-corrected chi connectivity index (χ1v) is 5.64. The second-order valence-electron chi connectivity index (χ2n) is 4.64. The fourth-order valence-electron chi connectivity index (χ4n) is 1.32. The van der Waals surface area contributed by atoms with Crippen LogP contribution in [0.3, 0.4) is 0 Å². The zero-order chi connectivity index (χ0) is 12.7. The highest BCUT2D eigenvalue weighted by molar-refractivity contribution is 5.87. The minimum atomic E-state index is 0.0512. The fourth-order valence-corrected chi connectivity index (χ4v) is 1.32. The molecule has 0 bridgehead atoms. The Morgan fingerprint density at radius 2 is 1.94 bits per heavy atom. The Morgan fingerprint density at radius 3 is 2.31 bits per heavy atom. The van der Waals surface area contributed by atoms with Crippen molar-refractivity contribution < 1.29 is 10.0 Å². The molecule has 0 atom stereocenters. The molecule has 0 radical (unpaired) electrons. The Morgan fingerprint density at radius 1 is 1.38 bits per heavy atom. The van der Waals surface area contributed by atoms with Crippen molar-refractivity contribution in [2.75, 3.05) is 6.54 Å². The number of hydrogen-bond donors (Lipinski definition) is 2. The van der Waals surface area contributed by atoms with Gasteiger partial charge in [-0.3, -0.25) is 4.79 Å². The molecule has 0 unspecified atom stereocenters. The van der Waals surface area contributed by atoms with Crippen molar-refractivity contribution >= 4 is 11.7 Å². The summed E-state index contributed by atoms with van der Waals surface area (Å²) in [7, 11) is 0. The monoisotopic (exact) mass is 229 g/mol. The second kappa shape index (κ2) is 7.09.